The lowest BCUT2D eigenvalue weighted by Gasteiger charge is -2.11. The molecule has 0 aromatic heterocycles. The first-order valence-electron chi connectivity index (χ1n) is 9.01. The van der Waals surface area contributed by atoms with E-state index in [1.807, 2.05) is 18.2 Å². The number of carboxylic acid groups (broad SMARTS) is 1. The number of aliphatic imine (C=N–C) groups is 1. The fourth-order valence-electron chi connectivity index (χ4n) is 2.67. The van der Waals surface area contributed by atoms with Gasteiger partial charge in [0.05, 0.1) is 30.5 Å². The molecular weight excluding hydrogens is 406 g/mol. The van der Waals surface area contributed by atoms with E-state index in [1.54, 1.807) is 62.9 Å². The van der Waals surface area contributed by atoms with E-state index in [4.69, 9.17) is 30.9 Å². The zero-order valence-corrected chi connectivity index (χ0v) is 17.2. The molecule has 0 bridgehead atoms. The highest BCUT2D eigenvalue weighted by atomic mass is 35.5. The maximum absolute atomic E-state index is 10.9. The molecule has 0 saturated carbocycles. The van der Waals surface area contributed by atoms with Crippen molar-refractivity contribution < 1.29 is 24.1 Å². The molecule has 0 heterocycles. The number of rotatable bonds is 8. The number of hydrogen-bond acceptors (Lipinski definition) is 5. The maximum Gasteiger partial charge on any atom is 0.335 e. The van der Waals surface area contributed by atoms with Gasteiger partial charge in [0.2, 0.25) is 0 Å². The van der Waals surface area contributed by atoms with Gasteiger partial charge in [0.15, 0.2) is 11.5 Å². The molecule has 1 N–H and O–H groups in total. The van der Waals surface area contributed by atoms with Gasteiger partial charge in [-0.05, 0) is 59.7 Å². The number of carboxylic acids is 1. The molecule has 0 saturated heterocycles. The van der Waals surface area contributed by atoms with E-state index >= 15 is 0 Å². The first-order valence-corrected chi connectivity index (χ1v) is 9.38. The molecular formula is C23H20ClNO5. The highest BCUT2D eigenvalue weighted by molar-refractivity contribution is 6.32. The van der Waals surface area contributed by atoms with Crippen molar-refractivity contribution in [2.75, 3.05) is 14.2 Å². The smallest absolute Gasteiger partial charge is 0.335 e. The van der Waals surface area contributed by atoms with Crippen molar-refractivity contribution in [2.45, 2.75) is 6.61 Å². The zero-order chi connectivity index (χ0) is 21.5. The molecule has 3 aromatic rings. The van der Waals surface area contributed by atoms with Crippen LogP contribution in [0.4, 0.5) is 5.69 Å². The van der Waals surface area contributed by atoms with E-state index in [9.17, 15) is 4.79 Å². The van der Waals surface area contributed by atoms with Crippen LogP contribution in [-0.2, 0) is 6.61 Å². The molecule has 154 valence electrons. The quantitative estimate of drug-likeness (QED) is 0.490. The molecule has 0 aliphatic carbocycles. The third-order valence-electron chi connectivity index (χ3n) is 4.28. The number of aromatic carboxylic acids is 1. The van der Waals surface area contributed by atoms with Gasteiger partial charge in [-0.25, -0.2) is 4.79 Å². The molecule has 0 unspecified atom stereocenters. The van der Waals surface area contributed by atoms with Crippen LogP contribution in [0.5, 0.6) is 17.2 Å². The summed E-state index contributed by atoms with van der Waals surface area (Å²) in [4.78, 5) is 15.4. The van der Waals surface area contributed by atoms with Crippen LogP contribution in [-0.4, -0.2) is 31.5 Å². The van der Waals surface area contributed by atoms with Crippen molar-refractivity contribution in [2.24, 2.45) is 4.99 Å². The van der Waals surface area contributed by atoms with Crippen molar-refractivity contribution in [1.29, 1.82) is 0 Å². The highest BCUT2D eigenvalue weighted by Gasteiger charge is 2.07. The Hall–Kier alpha value is -3.51. The normalized spacial score (nSPS) is 10.8. The Labute approximate surface area is 179 Å². The Morgan fingerprint density at radius 2 is 1.67 bits per heavy atom. The van der Waals surface area contributed by atoms with Gasteiger partial charge < -0.3 is 19.3 Å². The lowest BCUT2D eigenvalue weighted by Crippen LogP contribution is -2.00. The molecule has 0 aliphatic rings. The number of halogens is 1. The predicted octanol–water partition coefficient (Wildman–Crippen LogP) is 5.39. The second-order valence-corrected chi connectivity index (χ2v) is 6.69. The average molecular weight is 426 g/mol. The number of methoxy groups -OCH3 is 2. The summed E-state index contributed by atoms with van der Waals surface area (Å²) in [5.74, 6) is 0.771. The van der Waals surface area contributed by atoms with Crippen LogP contribution in [0.3, 0.4) is 0 Å². The van der Waals surface area contributed by atoms with Crippen molar-refractivity contribution >= 4 is 29.5 Å². The van der Waals surface area contributed by atoms with E-state index in [0.29, 0.717) is 28.0 Å². The van der Waals surface area contributed by atoms with Crippen molar-refractivity contribution in [3.8, 4) is 17.2 Å². The van der Waals surface area contributed by atoms with E-state index in [2.05, 4.69) is 4.99 Å². The summed E-state index contributed by atoms with van der Waals surface area (Å²) >= 11 is 6.12. The summed E-state index contributed by atoms with van der Waals surface area (Å²) in [6.45, 7) is 0.286. The lowest BCUT2D eigenvalue weighted by molar-refractivity contribution is 0.0697. The summed E-state index contributed by atoms with van der Waals surface area (Å²) in [6, 6.07) is 17.3. The third-order valence-corrected chi connectivity index (χ3v) is 4.58. The Kier molecular flexibility index (Phi) is 6.93. The molecule has 6 nitrogen and oxygen atoms in total. The standard InChI is InChI=1S/C23H20ClNO5/c1-28-20-10-8-18(12-19(20)24)25-13-16-5-9-21(22(11-16)29-2)30-14-15-3-6-17(7-4-15)23(26)27/h3-13H,14H2,1-2H3,(H,26,27). The van der Waals surface area contributed by atoms with Crippen molar-refractivity contribution in [1.82, 2.24) is 0 Å². The second kappa shape index (κ2) is 9.80. The van der Waals surface area contributed by atoms with Gasteiger partial charge in [0.25, 0.3) is 0 Å². The van der Waals surface area contributed by atoms with Crippen LogP contribution in [0, 0.1) is 0 Å². The summed E-state index contributed by atoms with van der Waals surface area (Å²) in [6.07, 6.45) is 1.70. The van der Waals surface area contributed by atoms with Crippen LogP contribution >= 0.6 is 11.6 Å². The van der Waals surface area contributed by atoms with Gasteiger partial charge in [-0.2, -0.15) is 0 Å². The molecule has 30 heavy (non-hydrogen) atoms. The third kappa shape index (κ3) is 5.30. The van der Waals surface area contributed by atoms with Crippen LogP contribution < -0.4 is 14.2 Å². The maximum atomic E-state index is 10.9. The van der Waals surface area contributed by atoms with Gasteiger partial charge in [0.1, 0.15) is 12.4 Å². The number of nitrogens with zero attached hydrogens (tertiary/aromatic N) is 1. The largest absolute Gasteiger partial charge is 0.495 e. The van der Waals surface area contributed by atoms with Crippen LogP contribution in [0.25, 0.3) is 0 Å². The summed E-state index contributed by atoms with van der Waals surface area (Å²) in [5.41, 5.74) is 2.61. The van der Waals surface area contributed by atoms with Gasteiger partial charge in [-0.15, -0.1) is 0 Å². The van der Waals surface area contributed by atoms with E-state index in [0.717, 1.165) is 11.1 Å². The molecule has 0 atom stereocenters. The molecule has 0 spiro atoms. The number of hydrogen-bond donors (Lipinski definition) is 1. The fourth-order valence-corrected chi connectivity index (χ4v) is 2.92. The fraction of sp³-hybridized carbons (Fsp3) is 0.130. The monoisotopic (exact) mass is 425 g/mol. The van der Waals surface area contributed by atoms with Crippen LogP contribution in [0.2, 0.25) is 5.02 Å². The molecule has 3 rings (SSSR count). The van der Waals surface area contributed by atoms with E-state index < -0.39 is 5.97 Å². The zero-order valence-electron chi connectivity index (χ0n) is 16.5. The molecule has 0 radical (unpaired) electrons. The van der Waals surface area contributed by atoms with Crippen LogP contribution in [0.15, 0.2) is 65.7 Å². The lowest BCUT2D eigenvalue weighted by atomic mass is 10.1. The van der Waals surface area contributed by atoms with Gasteiger partial charge in [-0.1, -0.05) is 23.7 Å². The minimum absolute atomic E-state index is 0.234. The molecule has 7 heteroatoms. The van der Waals surface area contributed by atoms with Gasteiger partial charge in [0, 0.05) is 6.21 Å². The number of carbonyl (C=O) groups is 1. The van der Waals surface area contributed by atoms with Gasteiger partial charge >= 0.3 is 5.97 Å². The average Bonchev–Trinajstić information content (AvgIpc) is 2.76. The first-order chi connectivity index (χ1) is 14.5. The predicted molar refractivity (Wildman–Crippen MR) is 116 cm³/mol. The summed E-state index contributed by atoms with van der Waals surface area (Å²) in [5, 5.41) is 9.45. The van der Waals surface area contributed by atoms with Gasteiger partial charge in [-0.3, -0.25) is 4.99 Å². The minimum atomic E-state index is -0.960. The van der Waals surface area contributed by atoms with Crippen LogP contribution in [0.1, 0.15) is 21.5 Å². The molecule has 0 fully saturated rings. The Bertz CT molecular complexity index is 1060. The van der Waals surface area contributed by atoms with Crippen molar-refractivity contribution in [3.05, 3.63) is 82.4 Å². The number of benzene rings is 3. The first kappa shape index (κ1) is 21.2. The Morgan fingerprint density at radius 1 is 0.967 bits per heavy atom. The van der Waals surface area contributed by atoms with Crippen molar-refractivity contribution in [3.63, 3.8) is 0 Å². The number of ether oxygens (including phenoxy) is 3. The Balaban J connectivity index is 1.69. The van der Waals surface area contributed by atoms with E-state index in [1.165, 1.54) is 0 Å². The molecule has 0 amide bonds. The Morgan fingerprint density at radius 3 is 2.30 bits per heavy atom. The minimum Gasteiger partial charge on any atom is -0.495 e. The van der Waals surface area contributed by atoms with E-state index in [-0.39, 0.29) is 12.2 Å². The highest BCUT2D eigenvalue weighted by Crippen LogP contribution is 2.30. The topological polar surface area (TPSA) is 77.4 Å². The SMILES string of the molecule is COc1ccc(N=Cc2ccc(OCc3ccc(C(=O)O)cc3)c(OC)c2)cc1Cl. The summed E-state index contributed by atoms with van der Waals surface area (Å²) < 4.78 is 16.4. The molecule has 0 aliphatic heterocycles. The second-order valence-electron chi connectivity index (χ2n) is 6.28. The molecule has 3 aromatic carbocycles. The summed E-state index contributed by atoms with van der Waals surface area (Å²) in [7, 11) is 3.12.